The standard InChI is InChI=1S/C8H5ClF2INO2/c9-7-6(12)5(8(10)11)3(2-13-7)1-4(14)15/h2,8H,1H2,(H,14,15). The van der Waals surface area contributed by atoms with Crippen molar-refractivity contribution >= 4 is 40.2 Å². The molecular weight excluding hydrogens is 342 g/mol. The molecule has 0 aliphatic carbocycles. The van der Waals surface area contributed by atoms with Crippen molar-refractivity contribution in [3.8, 4) is 0 Å². The topological polar surface area (TPSA) is 50.2 Å². The molecule has 15 heavy (non-hydrogen) atoms. The van der Waals surface area contributed by atoms with Crippen LogP contribution < -0.4 is 0 Å². The molecule has 3 nitrogen and oxygen atoms in total. The number of rotatable bonds is 3. The molecule has 0 atom stereocenters. The average Bonchev–Trinajstić information content (AvgIpc) is 2.10. The van der Waals surface area contributed by atoms with Crippen LogP contribution >= 0.6 is 34.2 Å². The van der Waals surface area contributed by atoms with Gasteiger partial charge in [-0.2, -0.15) is 0 Å². The third-order valence-corrected chi connectivity index (χ3v) is 3.35. The van der Waals surface area contributed by atoms with Gasteiger partial charge in [-0.25, -0.2) is 13.8 Å². The quantitative estimate of drug-likeness (QED) is 0.676. The van der Waals surface area contributed by atoms with Crippen molar-refractivity contribution in [1.82, 2.24) is 4.98 Å². The fraction of sp³-hybridized carbons (Fsp3) is 0.250. The monoisotopic (exact) mass is 347 g/mol. The summed E-state index contributed by atoms with van der Waals surface area (Å²) >= 11 is 7.19. The lowest BCUT2D eigenvalue weighted by molar-refractivity contribution is -0.136. The predicted octanol–water partition coefficient (Wildman–Crippen LogP) is 2.90. The molecule has 0 fully saturated rings. The normalized spacial score (nSPS) is 10.7. The summed E-state index contributed by atoms with van der Waals surface area (Å²) in [5.41, 5.74) is -0.357. The van der Waals surface area contributed by atoms with Crippen LogP contribution in [-0.4, -0.2) is 16.1 Å². The Morgan fingerprint density at radius 3 is 2.73 bits per heavy atom. The number of hydrogen-bond donors (Lipinski definition) is 1. The molecule has 7 heteroatoms. The van der Waals surface area contributed by atoms with E-state index in [1.54, 1.807) is 22.6 Å². The maximum absolute atomic E-state index is 12.6. The van der Waals surface area contributed by atoms with Crippen molar-refractivity contribution in [3.05, 3.63) is 26.0 Å². The van der Waals surface area contributed by atoms with Crippen molar-refractivity contribution < 1.29 is 18.7 Å². The lowest BCUT2D eigenvalue weighted by Crippen LogP contribution is -2.07. The molecule has 0 aromatic carbocycles. The van der Waals surface area contributed by atoms with Crippen molar-refractivity contribution in [2.75, 3.05) is 0 Å². The fourth-order valence-electron chi connectivity index (χ4n) is 1.05. The minimum Gasteiger partial charge on any atom is -0.481 e. The molecule has 0 aliphatic heterocycles. The van der Waals surface area contributed by atoms with Crippen LogP contribution in [0.5, 0.6) is 0 Å². The van der Waals surface area contributed by atoms with Crippen LogP contribution in [0.3, 0.4) is 0 Å². The Hall–Kier alpha value is -0.500. The number of aromatic nitrogens is 1. The van der Waals surface area contributed by atoms with Crippen LogP contribution in [0.2, 0.25) is 5.15 Å². The van der Waals surface area contributed by atoms with E-state index in [2.05, 4.69) is 4.98 Å². The van der Waals surface area contributed by atoms with Gasteiger partial charge in [0.1, 0.15) is 5.15 Å². The molecule has 82 valence electrons. The zero-order valence-electron chi connectivity index (χ0n) is 7.18. The minimum absolute atomic E-state index is 0.00806. The van der Waals surface area contributed by atoms with Gasteiger partial charge in [0.15, 0.2) is 0 Å². The average molecular weight is 347 g/mol. The Balaban J connectivity index is 3.26. The first-order valence-electron chi connectivity index (χ1n) is 3.76. The number of aliphatic carboxylic acids is 1. The summed E-state index contributed by atoms with van der Waals surface area (Å²) < 4.78 is 25.4. The van der Waals surface area contributed by atoms with E-state index >= 15 is 0 Å². The lowest BCUT2D eigenvalue weighted by Gasteiger charge is -2.09. The van der Waals surface area contributed by atoms with Gasteiger partial charge in [0.25, 0.3) is 6.43 Å². The molecule has 0 unspecified atom stereocenters. The minimum atomic E-state index is -2.76. The lowest BCUT2D eigenvalue weighted by atomic mass is 10.1. The third kappa shape index (κ3) is 2.97. The molecule has 0 amide bonds. The predicted molar refractivity (Wildman–Crippen MR) is 58.3 cm³/mol. The van der Waals surface area contributed by atoms with Crippen molar-refractivity contribution in [1.29, 1.82) is 0 Å². The van der Waals surface area contributed by atoms with Gasteiger partial charge in [0, 0.05) is 11.8 Å². The van der Waals surface area contributed by atoms with E-state index < -0.39 is 18.8 Å². The number of pyridine rings is 1. The Morgan fingerprint density at radius 2 is 2.27 bits per heavy atom. The summed E-state index contributed by atoms with van der Waals surface area (Å²) in [6.07, 6.45) is -2.17. The van der Waals surface area contributed by atoms with Crippen molar-refractivity contribution in [2.24, 2.45) is 0 Å². The molecular formula is C8H5ClF2INO2. The van der Waals surface area contributed by atoms with Crippen molar-refractivity contribution in [3.63, 3.8) is 0 Å². The summed E-state index contributed by atoms with van der Waals surface area (Å²) in [5.74, 6) is -1.18. The number of hydrogen-bond acceptors (Lipinski definition) is 2. The second kappa shape index (κ2) is 5.02. The van der Waals surface area contributed by atoms with Gasteiger partial charge in [-0.3, -0.25) is 4.79 Å². The molecule has 0 saturated carbocycles. The molecule has 1 heterocycles. The van der Waals surface area contributed by atoms with Crippen molar-refractivity contribution in [2.45, 2.75) is 12.8 Å². The summed E-state index contributed by atoms with van der Waals surface area (Å²) in [6.45, 7) is 0. The van der Waals surface area contributed by atoms with Gasteiger partial charge in [-0.05, 0) is 28.2 Å². The van der Waals surface area contributed by atoms with Gasteiger partial charge in [0.2, 0.25) is 0 Å². The van der Waals surface area contributed by atoms with Gasteiger partial charge >= 0.3 is 5.97 Å². The Kier molecular flexibility index (Phi) is 4.21. The number of halogens is 4. The molecule has 1 aromatic rings. The highest BCUT2D eigenvalue weighted by molar-refractivity contribution is 14.1. The van der Waals surface area contributed by atoms with E-state index in [1.165, 1.54) is 0 Å². The first-order valence-corrected chi connectivity index (χ1v) is 5.22. The molecule has 0 aliphatic rings. The number of nitrogens with zero attached hydrogens (tertiary/aromatic N) is 1. The molecule has 1 N–H and O–H groups in total. The zero-order chi connectivity index (χ0) is 11.6. The van der Waals surface area contributed by atoms with Gasteiger partial charge in [0.05, 0.1) is 9.99 Å². The number of alkyl halides is 2. The first-order chi connectivity index (χ1) is 6.93. The van der Waals surface area contributed by atoms with Crippen LogP contribution in [0.15, 0.2) is 6.20 Å². The second-order valence-electron chi connectivity index (χ2n) is 2.67. The molecule has 0 radical (unpaired) electrons. The van der Waals surface area contributed by atoms with Crippen LogP contribution in [0.1, 0.15) is 17.6 Å². The van der Waals surface area contributed by atoms with E-state index in [4.69, 9.17) is 16.7 Å². The summed E-state index contributed by atoms with van der Waals surface area (Å²) in [5, 5.41) is 8.48. The number of carbonyl (C=O) groups is 1. The zero-order valence-corrected chi connectivity index (χ0v) is 10.1. The maximum Gasteiger partial charge on any atom is 0.307 e. The highest BCUT2D eigenvalue weighted by Gasteiger charge is 2.21. The highest BCUT2D eigenvalue weighted by atomic mass is 127. The summed E-state index contributed by atoms with van der Waals surface area (Å²) in [4.78, 5) is 14.1. The van der Waals surface area contributed by atoms with Crippen LogP contribution in [0.4, 0.5) is 8.78 Å². The molecule has 0 bridgehead atoms. The largest absolute Gasteiger partial charge is 0.481 e. The summed E-state index contributed by atoms with van der Waals surface area (Å²) in [6, 6.07) is 0. The maximum atomic E-state index is 12.6. The molecule has 1 rings (SSSR count). The van der Waals surface area contributed by atoms with E-state index in [0.717, 1.165) is 6.20 Å². The van der Waals surface area contributed by atoms with E-state index in [9.17, 15) is 13.6 Å². The highest BCUT2D eigenvalue weighted by Crippen LogP contribution is 2.31. The van der Waals surface area contributed by atoms with Gasteiger partial charge < -0.3 is 5.11 Å². The fourth-order valence-corrected chi connectivity index (χ4v) is 1.92. The number of carboxylic acids is 1. The van der Waals surface area contributed by atoms with Crippen LogP contribution in [-0.2, 0) is 11.2 Å². The van der Waals surface area contributed by atoms with E-state index in [1.807, 2.05) is 0 Å². The number of carboxylic acid groups (broad SMARTS) is 1. The van der Waals surface area contributed by atoms with E-state index in [-0.39, 0.29) is 19.9 Å². The third-order valence-electron chi connectivity index (χ3n) is 1.66. The van der Waals surface area contributed by atoms with E-state index in [0.29, 0.717) is 0 Å². The first kappa shape index (κ1) is 12.6. The van der Waals surface area contributed by atoms with Gasteiger partial charge in [-0.1, -0.05) is 11.6 Å². The van der Waals surface area contributed by atoms with Crippen LogP contribution in [0, 0.1) is 3.57 Å². The Bertz CT molecular complexity index is 400. The van der Waals surface area contributed by atoms with Crippen LogP contribution in [0.25, 0.3) is 0 Å². The SMILES string of the molecule is O=C(O)Cc1cnc(Cl)c(I)c1C(F)F. The molecule has 0 spiro atoms. The summed E-state index contributed by atoms with van der Waals surface area (Å²) in [7, 11) is 0. The molecule has 0 saturated heterocycles. The second-order valence-corrected chi connectivity index (χ2v) is 4.11. The smallest absolute Gasteiger partial charge is 0.307 e. The Labute approximate surface area is 103 Å². The Morgan fingerprint density at radius 1 is 1.67 bits per heavy atom. The molecule has 1 aromatic heterocycles. The van der Waals surface area contributed by atoms with Gasteiger partial charge in [-0.15, -0.1) is 0 Å².